The fraction of sp³-hybridized carbons (Fsp3) is 0.333. The van der Waals surface area contributed by atoms with Crippen molar-refractivity contribution in [3.8, 4) is 0 Å². The molecule has 0 saturated heterocycles. The highest BCUT2D eigenvalue weighted by Gasteiger charge is 2.35. The number of aryl methyl sites for hydroxylation is 1. The molecule has 7 nitrogen and oxygen atoms in total. The van der Waals surface area contributed by atoms with Gasteiger partial charge in [0.2, 0.25) is 0 Å². The number of hydrogen-bond acceptors (Lipinski definition) is 5. The lowest BCUT2D eigenvalue weighted by Crippen LogP contribution is -2.37. The van der Waals surface area contributed by atoms with Gasteiger partial charge in [-0.15, -0.1) is 0 Å². The van der Waals surface area contributed by atoms with Crippen molar-refractivity contribution in [2.75, 3.05) is 11.4 Å². The molecule has 1 aliphatic heterocycles. The molecular formula is C21H21N7. The third-order valence-corrected chi connectivity index (χ3v) is 5.87. The maximum Gasteiger partial charge on any atom is 0.148 e. The van der Waals surface area contributed by atoms with Gasteiger partial charge in [-0.05, 0) is 37.5 Å². The van der Waals surface area contributed by atoms with Crippen molar-refractivity contribution in [2.24, 2.45) is 0 Å². The van der Waals surface area contributed by atoms with Gasteiger partial charge in [0.1, 0.15) is 11.9 Å². The molecule has 140 valence electrons. The van der Waals surface area contributed by atoms with E-state index in [2.05, 4.69) is 38.9 Å². The normalized spacial score (nSPS) is 19.2. The number of nitrogens with zero attached hydrogens (tertiary/aromatic N) is 6. The van der Waals surface area contributed by atoms with Crippen LogP contribution < -0.4 is 4.90 Å². The Morgan fingerprint density at radius 1 is 1.18 bits per heavy atom. The number of imidazole rings is 1. The number of hydrogen-bond donors (Lipinski definition) is 1. The van der Waals surface area contributed by atoms with Crippen LogP contribution in [0.5, 0.6) is 0 Å². The van der Waals surface area contributed by atoms with Crippen molar-refractivity contribution < 1.29 is 0 Å². The molecule has 0 aromatic carbocycles. The fourth-order valence-corrected chi connectivity index (χ4v) is 4.22. The number of nitrogens with one attached hydrogen (secondary N) is 1. The Bertz CT molecular complexity index is 1170. The van der Waals surface area contributed by atoms with Gasteiger partial charge in [0.05, 0.1) is 35.1 Å². The van der Waals surface area contributed by atoms with E-state index in [1.54, 1.807) is 6.33 Å². The van der Waals surface area contributed by atoms with E-state index in [4.69, 9.17) is 10.1 Å². The average molecular weight is 371 g/mol. The first-order valence-electron chi connectivity index (χ1n) is 9.83. The molecule has 1 aliphatic carbocycles. The third kappa shape index (κ3) is 2.42. The summed E-state index contributed by atoms with van der Waals surface area (Å²) in [6, 6.07) is 6.25. The standard InChI is InChI=1S/C21H21N7/c1-13-3-2-7-28-18(13)9-16(26-28)21-20-15(23-12-24-20)6-8-27(21)19-11-22-10-17(25-19)14-4-5-14/h2-3,7,9-12,14,21H,4-6,8H2,1H3,(H,23,24)/t21-/m0/s1. The van der Waals surface area contributed by atoms with Gasteiger partial charge in [-0.25, -0.2) is 14.5 Å². The summed E-state index contributed by atoms with van der Waals surface area (Å²) in [6.45, 7) is 2.97. The van der Waals surface area contributed by atoms with Gasteiger partial charge < -0.3 is 9.88 Å². The van der Waals surface area contributed by atoms with Crippen LogP contribution in [-0.2, 0) is 6.42 Å². The quantitative estimate of drug-likeness (QED) is 0.599. The van der Waals surface area contributed by atoms with Crippen LogP contribution in [0, 0.1) is 6.92 Å². The van der Waals surface area contributed by atoms with E-state index in [9.17, 15) is 0 Å². The number of pyridine rings is 1. The van der Waals surface area contributed by atoms with Crippen LogP contribution in [0.1, 0.15) is 53.1 Å². The first-order valence-corrected chi connectivity index (χ1v) is 9.83. The van der Waals surface area contributed by atoms with Gasteiger partial charge in [0, 0.05) is 37.0 Å². The van der Waals surface area contributed by atoms with Crippen LogP contribution >= 0.6 is 0 Å². The number of anilines is 1. The average Bonchev–Trinajstić information content (AvgIpc) is 3.30. The molecule has 6 rings (SSSR count). The van der Waals surface area contributed by atoms with Crippen LogP contribution in [-0.4, -0.2) is 36.1 Å². The first kappa shape index (κ1) is 15.8. The van der Waals surface area contributed by atoms with Crippen molar-refractivity contribution in [1.29, 1.82) is 0 Å². The maximum atomic E-state index is 4.95. The summed E-state index contributed by atoms with van der Waals surface area (Å²) in [4.78, 5) is 19.7. The van der Waals surface area contributed by atoms with Crippen LogP contribution in [0.2, 0.25) is 0 Å². The number of rotatable bonds is 3. The minimum absolute atomic E-state index is 0.0712. The van der Waals surface area contributed by atoms with Crippen LogP contribution in [0.3, 0.4) is 0 Å². The summed E-state index contributed by atoms with van der Waals surface area (Å²) in [6.07, 6.45) is 10.9. The van der Waals surface area contributed by atoms with E-state index in [1.807, 2.05) is 29.2 Å². The predicted molar refractivity (Wildman–Crippen MR) is 105 cm³/mol. The van der Waals surface area contributed by atoms with Gasteiger partial charge in [0.15, 0.2) is 0 Å². The molecule has 1 saturated carbocycles. The summed E-state index contributed by atoms with van der Waals surface area (Å²) >= 11 is 0. The Balaban J connectivity index is 1.50. The highest BCUT2D eigenvalue weighted by molar-refractivity contribution is 5.57. The van der Waals surface area contributed by atoms with Crippen molar-refractivity contribution in [2.45, 2.75) is 38.1 Å². The minimum Gasteiger partial charge on any atom is -0.348 e. The predicted octanol–water partition coefficient (Wildman–Crippen LogP) is 3.19. The summed E-state index contributed by atoms with van der Waals surface area (Å²) in [5.74, 6) is 1.49. The van der Waals surface area contributed by atoms with Crippen LogP contribution in [0.25, 0.3) is 5.52 Å². The molecule has 0 spiro atoms. The highest BCUT2D eigenvalue weighted by Crippen LogP contribution is 2.40. The van der Waals surface area contributed by atoms with E-state index < -0.39 is 0 Å². The van der Waals surface area contributed by atoms with Gasteiger partial charge in [-0.3, -0.25) is 4.98 Å². The summed E-state index contributed by atoms with van der Waals surface area (Å²) < 4.78 is 1.95. The Morgan fingerprint density at radius 3 is 2.96 bits per heavy atom. The lowest BCUT2D eigenvalue weighted by molar-refractivity contribution is 0.608. The lowest BCUT2D eigenvalue weighted by Gasteiger charge is -2.34. The third-order valence-electron chi connectivity index (χ3n) is 5.87. The zero-order valence-corrected chi connectivity index (χ0v) is 15.7. The second-order valence-electron chi connectivity index (χ2n) is 7.78. The lowest BCUT2D eigenvalue weighted by atomic mass is 9.99. The van der Waals surface area contributed by atoms with Crippen LogP contribution in [0.15, 0.2) is 43.1 Å². The number of aromatic amines is 1. The van der Waals surface area contributed by atoms with Crippen molar-refractivity contribution in [1.82, 2.24) is 29.5 Å². The van der Waals surface area contributed by atoms with Crippen LogP contribution in [0.4, 0.5) is 5.82 Å². The smallest absolute Gasteiger partial charge is 0.148 e. The zero-order valence-electron chi connectivity index (χ0n) is 15.7. The van der Waals surface area contributed by atoms with E-state index >= 15 is 0 Å². The second-order valence-corrected chi connectivity index (χ2v) is 7.78. The van der Waals surface area contributed by atoms with Gasteiger partial charge in [0.25, 0.3) is 0 Å². The SMILES string of the molecule is Cc1cccn2nc([C@H]3c4nc[nH]c4CCN3c3cncc(C4CC4)n3)cc12. The molecule has 2 aliphatic rings. The molecule has 0 bridgehead atoms. The summed E-state index contributed by atoms with van der Waals surface area (Å²) in [5, 5.41) is 4.89. The molecule has 28 heavy (non-hydrogen) atoms. The number of fused-ring (bicyclic) bond motifs is 2. The zero-order chi connectivity index (χ0) is 18.7. The molecule has 0 radical (unpaired) electrons. The largest absolute Gasteiger partial charge is 0.348 e. The fourth-order valence-electron chi connectivity index (χ4n) is 4.22. The van der Waals surface area contributed by atoms with Gasteiger partial charge >= 0.3 is 0 Å². The Kier molecular flexibility index (Phi) is 3.32. The molecule has 5 heterocycles. The highest BCUT2D eigenvalue weighted by atomic mass is 15.3. The van der Waals surface area contributed by atoms with Crippen molar-refractivity contribution in [3.63, 3.8) is 0 Å². The molecule has 0 amide bonds. The molecule has 1 fully saturated rings. The molecule has 1 N–H and O–H groups in total. The minimum atomic E-state index is -0.0712. The van der Waals surface area contributed by atoms with Crippen molar-refractivity contribution in [3.05, 3.63) is 71.5 Å². The molecule has 4 aromatic rings. The number of aromatic nitrogens is 6. The van der Waals surface area contributed by atoms with Gasteiger partial charge in [-0.1, -0.05) is 6.07 Å². The summed E-state index contributed by atoms with van der Waals surface area (Å²) in [7, 11) is 0. The maximum absolute atomic E-state index is 4.95. The molecular weight excluding hydrogens is 350 g/mol. The Hall–Kier alpha value is -3.22. The first-order chi connectivity index (χ1) is 13.8. The van der Waals surface area contributed by atoms with Crippen molar-refractivity contribution >= 4 is 11.3 Å². The summed E-state index contributed by atoms with van der Waals surface area (Å²) in [5.41, 5.74) is 6.64. The number of H-pyrrole nitrogens is 1. The van der Waals surface area contributed by atoms with E-state index in [0.29, 0.717) is 5.92 Å². The Morgan fingerprint density at radius 2 is 2.11 bits per heavy atom. The van der Waals surface area contributed by atoms with E-state index in [0.717, 1.165) is 41.4 Å². The van der Waals surface area contributed by atoms with E-state index in [1.165, 1.54) is 24.1 Å². The topological polar surface area (TPSA) is 75.0 Å². The molecule has 7 heteroatoms. The second kappa shape index (κ2) is 5.89. The van der Waals surface area contributed by atoms with Gasteiger partial charge in [-0.2, -0.15) is 5.10 Å². The molecule has 4 aromatic heterocycles. The monoisotopic (exact) mass is 371 g/mol. The molecule has 0 unspecified atom stereocenters. The van der Waals surface area contributed by atoms with E-state index in [-0.39, 0.29) is 6.04 Å². The molecule has 1 atom stereocenters. The Labute approximate surface area is 162 Å².